The van der Waals surface area contributed by atoms with E-state index in [4.69, 9.17) is 0 Å². The number of carbonyl (C=O) groups is 1. The average molecular weight is 286 g/mol. The van der Waals surface area contributed by atoms with E-state index < -0.39 is 20.9 Å². The molecule has 0 aromatic heterocycles. The number of nitrogens with one attached hydrogen (secondary N) is 1. The van der Waals surface area contributed by atoms with Crippen LogP contribution in [0.3, 0.4) is 0 Å². The third kappa shape index (κ3) is 4.32. The molecular formula is C11H14N2O5S. The molecule has 104 valence electrons. The van der Waals surface area contributed by atoms with Gasteiger partial charge in [0.05, 0.1) is 9.82 Å². The number of benzene rings is 1. The van der Waals surface area contributed by atoms with Gasteiger partial charge < -0.3 is 0 Å². The van der Waals surface area contributed by atoms with E-state index in [1.807, 2.05) is 11.6 Å². The number of hydrogen-bond donors (Lipinski definition) is 1. The molecule has 0 fully saturated rings. The molecule has 0 radical (unpaired) electrons. The fraction of sp³-hybridized carbons (Fsp3) is 0.364. The van der Waals surface area contributed by atoms with Crippen molar-refractivity contribution in [2.45, 2.75) is 31.1 Å². The first-order chi connectivity index (χ1) is 8.86. The molecular weight excluding hydrogens is 272 g/mol. The topological polar surface area (TPSA) is 106 Å². The molecule has 1 rings (SSSR count). The van der Waals surface area contributed by atoms with Crippen LogP contribution >= 0.6 is 0 Å². The molecule has 0 heterocycles. The van der Waals surface area contributed by atoms with Gasteiger partial charge in [0.15, 0.2) is 0 Å². The van der Waals surface area contributed by atoms with E-state index in [1.165, 1.54) is 0 Å². The van der Waals surface area contributed by atoms with Gasteiger partial charge in [0, 0.05) is 18.6 Å². The second-order valence-electron chi connectivity index (χ2n) is 3.88. The Morgan fingerprint density at radius 2 is 1.89 bits per heavy atom. The van der Waals surface area contributed by atoms with E-state index in [9.17, 15) is 23.3 Å². The molecule has 1 N–H and O–H groups in total. The summed E-state index contributed by atoms with van der Waals surface area (Å²) in [6, 6.07) is 4.33. The lowest BCUT2D eigenvalue weighted by molar-refractivity contribution is -0.384. The molecule has 0 aliphatic carbocycles. The van der Waals surface area contributed by atoms with Gasteiger partial charge in [0.2, 0.25) is 5.91 Å². The Morgan fingerprint density at radius 3 is 2.37 bits per heavy atom. The van der Waals surface area contributed by atoms with Crippen LogP contribution < -0.4 is 4.72 Å². The SMILES string of the molecule is CCCCC(=O)NS(=O)(=O)c1ccc([N+](=O)[O-])cc1. The number of rotatable bonds is 6. The van der Waals surface area contributed by atoms with Crippen LogP contribution in [0.2, 0.25) is 0 Å². The van der Waals surface area contributed by atoms with E-state index in [0.29, 0.717) is 6.42 Å². The predicted octanol–water partition coefficient (Wildman–Crippen LogP) is 1.59. The first-order valence-corrected chi connectivity index (χ1v) is 7.15. The summed E-state index contributed by atoms with van der Waals surface area (Å²) >= 11 is 0. The van der Waals surface area contributed by atoms with Gasteiger partial charge in [-0.25, -0.2) is 13.1 Å². The summed E-state index contributed by atoms with van der Waals surface area (Å²) in [4.78, 5) is 21.0. The number of non-ortho nitro benzene ring substituents is 1. The molecule has 0 atom stereocenters. The molecule has 0 aliphatic rings. The molecule has 0 saturated heterocycles. The summed E-state index contributed by atoms with van der Waals surface area (Å²) in [6.07, 6.45) is 1.51. The van der Waals surface area contributed by atoms with Gasteiger partial charge in [0.25, 0.3) is 15.7 Å². The van der Waals surface area contributed by atoms with Gasteiger partial charge in [-0.05, 0) is 18.6 Å². The molecule has 8 heteroatoms. The van der Waals surface area contributed by atoms with Crippen LogP contribution in [-0.4, -0.2) is 19.2 Å². The number of unbranched alkanes of at least 4 members (excludes halogenated alkanes) is 1. The third-order valence-corrected chi connectivity index (χ3v) is 3.75. The van der Waals surface area contributed by atoms with Crippen molar-refractivity contribution in [3.05, 3.63) is 34.4 Å². The number of nitrogens with zero attached hydrogens (tertiary/aromatic N) is 1. The highest BCUT2D eigenvalue weighted by Crippen LogP contribution is 2.15. The Labute approximate surface area is 110 Å². The van der Waals surface area contributed by atoms with Crippen LogP contribution in [0.5, 0.6) is 0 Å². The molecule has 1 aromatic rings. The summed E-state index contributed by atoms with van der Waals surface area (Å²) in [5.74, 6) is -0.583. The summed E-state index contributed by atoms with van der Waals surface area (Å²) in [5, 5.41) is 10.4. The minimum absolute atomic E-state index is 0.128. The van der Waals surface area contributed by atoms with Crippen molar-refractivity contribution in [2.24, 2.45) is 0 Å². The maximum Gasteiger partial charge on any atom is 0.269 e. The van der Waals surface area contributed by atoms with Crippen LogP contribution in [0.4, 0.5) is 5.69 Å². The first kappa shape index (κ1) is 15.1. The standard InChI is InChI=1S/C11H14N2O5S/c1-2-3-4-11(14)12-19(17,18)10-7-5-9(6-8-10)13(15)16/h5-8H,2-4H2,1H3,(H,12,14). The first-order valence-electron chi connectivity index (χ1n) is 5.67. The zero-order valence-electron chi connectivity index (χ0n) is 10.3. The largest absolute Gasteiger partial charge is 0.274 e. The Morgan fingerprint density at radius 1 is 1.32 bits per heavy atom. The Hall–Kier alpha value is -1.96. The number of amides is 1. The van der Waals surface area contributed by atoms with Gasteiger partial charge in [-0.2, -0.15) is 0 Å². The molecule has 7 nitrogen and oxygen atoms in total. The molecule has 1 amide bonds. The molecule has 19 heavy (non-hydrogen) atoms. The normalized spacial score (nSPS) is 11.0. The third-order valence-electron chi connectivity index (χ3n) is 2.36. The van der Waals surface area contributed by atoms with Gasteiger partial charge in [-0.3, -0.25) is 14.9 Å². The van der Waals surface area contributed by atoms with Crippen LogP contribution in [0, 0.1) is 10.1 Å². The second-order valence-corrected chi connectivity index (χ2v) is 5.57. The lowest BCUT2D eigenvalue weighted by Crippen LogP contribution is -2.30. The second kappa shape index (κ2) is 6.28. The summed E-state index contributed by atoms with van der Waals surface area (Å²) in [6.45, 7) is 1.89. The van der Waals surface area contributed by atoms with Gasteiger partial charge in [-0.1, -0.05) is 13.3 Å². The van der Waals surface area contributed by atoms with Gasteiger partial charge in [-0.15, -0.1) is 0 Å². The van der Waals surface area contributed by atoms with Crippen molar-refractivity contribution in [1.29, 1.82) is 0 Å². The summed E-state index contributed by atoms with van der Waals surface area (Å²) < 4.78 is 25.5. The molecule has 0 aliphatic heterocycles. The summed E-state index contributed by atoms with van der Waals surface area (Å²) in [7, 11) is -3.95. The minimum atomic E-state index is -3.95. The van der Waals surface area contributed by atoms with Crippen LogP contribution in [-0.2, 0) is 14.8 Å². The molecule has 0 unspecified atom stereocenters. The highest BCUT2D eigenvalue weighted by molar-refractivity contribution is 7.90. The van der Waals surface area contributed by atoms with E-state index in [1.54, 1.807) is 0 Å². The fourth-order valence-corrected chi connectivity index (χ4v) is 2.36. The lowest BCUT2D eigenvalue weighted by Gasteiger charge is -2.06. The van der Waals surface area contributed by atoms with E-state index in [2.05, 4.69) is 0 Å². The smallest absolute Gasteiger partial charge is 0.269 e. The number of nitro benzene ring substituents is 1. The maximum absolute atomic E-state index is 11.8. The maximum atomic E-state index is 11.8. The molecule has 1 aromatic carbocycles. The van der Waals surface area contributed by atoms with Crippen LogP contribution in [0.25, 0.3) is 0 Å². The summed E-state index contributed by atoms with van der Waals surface area (Å²) in [5.41, 5.74) is -0.212. The van der Waals surface area contributed by atoms with Crippen molar-refractivity contribution in [2.75, 3.05) is 0 Å². The quantitative estimate of drug-likeness (QED) is 0.631. The number of carbonyl (C=O) groups excluding carboxylic acids is 1. The monoisotopic (exact) mass is 286 g/mol. The lowest BCUT2D eigenvalue weighted by atomic mass is 10.2. The Bertz CT molecular complexity index is 565. The van der Waals surface area contributed by atoms with Crippen molar-refractivity contribution in [1.82, 2.24) is 4.72 Å². The Balaban J connectivity index is 2.82. The molecule has 0 saturated carbocycles. The molecule has 0 spiro atoms. The Kier molecular flexibility index (Phi) is 4.99. The van der Waals surface area contributed by atoms with Crippen LogP contribution in [0.1, 0.15) is 26.2 Å². The zero-order chi connectivity index (χ0) is 14.5. The van der Waals surface area contributed by atoms with Gasteiger partial charge in [0.1, 0.15) is 0 Å². The average Bonchev–Trinajstić information content (AvgIpc) is 2.36. The van der Waals surface area contributed by atoms with Crippen molar-refractivity contribution in [3.8, 4) is 0 Å². The van der Waals surface area contributed by atoms with Crippen LogP contribution in [0.15, 0.2) is 29.2 Å². The predicted molar refractivity (Wildman–Crippen MR) is 67.9 cm³/mol. The van der Waals surface area contributed by atoms with E-state index in [0.717, 1.165) is 30.7 Å². The number of sulfonamides is 1. The van der Waals surface area contributed by atoms with Crippen molar-refractivity contribution in [3.63, 3.8) is 0 Å². The fourth-order valence-electron chi connectivity index (χ4n) is 1.34. The zero-order valence-corrected chi connectivity index (χ0v) is 11.1. The number of nitro groups is 1. The van der Waals surface area contributed by atoms with Gasteiger partial charge >= 0.3 is 0 Å². The minimum Gasteiger partial charge on any atom is -0.274 e. The van der Waals surface area contributed by atoms with E-state index in [-0.39, 0.29) is 17.0 Å². The highest BCUT2D eigenvalue weighted by atomic mass is 32.2. The van der Waals surface area contributed by atoms with E-state index >= 15 is 0 Å². The number of hydrogen-bond acceptors (Lipinski definition) is 5. The highest BCUT2D eigenvalue weighted by Gasteiger charge is 2.18. The van der Waals surface area contributed by atoms with Crippen molar-refractivity contribution >= 4 is 21.6 Å². The molecule has 0 bridgehead atoms. The van der Waals surface area contributed by atoms with Crippen molar-refractivity contribution < 1.29 is 18.1 Å².